The maximum Gasteiger partial charge on any atom is 0.146 e. The summed E-state index contributed by atoms with van der Waals surface area (Å²) in [4.78, 5) is 54.2. The van der Waals surface area contributed by atoms with Gasteiger partial charge in [-0.15, -0.1) is 0 Å². The largest absolute Gasteiger partial charge is 0.383 e. The van der Waals surface area contributed by atoms with Gasteiger partial charge in [-0.3, -0.25) is 19.9 Å². The molecule has 8 N–H and O–H groups in total. The van der Waals surface area contributed by atoms with Gasteiger partial charge in [-0.25, -0.2) is 39.9 Å². The SMILES string of the molecule is BrC1CCC1.C.C.Nc1ncnc2c1c(C(O)c1cc(Cl)ccn1)cn2C1CCC1.Nc1ncnc2c1c(Cc1cc(Cl)ccn1)cn2C1CCC1.OC(c1cc(Cl)ccn1)c1c[nH]c2ncnc(Cl)c12.OC(c1cc(Cl)ccn1)c1cn(C2CCC2)c2ncnc(Cl)c12. The van der Waals surface area contributed by atoms with Crippen LogP contribution in [-0.2, 0) is 6.42 Å². The van der Waals surface area contributed by atoms with Crippen molar-refractivity contribution >= 4 is 141 Å². The molecule has 0 aromatic carbocycles. The first kappa shape index (κ1) is 69.6. The summed E-state index contributed by atoms with van der Waals surface area (Å²) in [6.07, 6.45) is 32.5. The number of aromatic amines is 1. The van der Waals surface area contributed by atoms with Gasteiger partial charge in [-0.1, -0.05) is 107 Å². The van der Waals surface area contributed by atoms with Crippen molar-refractivity contribution in [2.24, 2.45) is 0 Å². The van der Waals surface area contributed by atoms with Crippen molar-refractivity contribution in [3.8, 4) is 0 Å². The highest BCUT2D eigenvalue weighted by atomic mass is 79.9. The van der Waals surface area contributed by atoms with Crippen LogP contribution >= 0.6 is 85.5 Å². The van der Waals surface area contributed by atoms with Crippen LogP contribution < -0.4 is 11.5 Å². The molecule has 12 aromatic heterocycles. The van der Waals surface area contributed by atoms with Gasteiger partial charge in [-0.05, 0) is 125 Å². The molecule has 28 heteroatoms. The number of anilines is 2. The molecule has 12 heterocycles. The quantitative estimate of drug-likeness (QED) is 0.0518. The lowest BCUT2D eigenvalue weighted by atomic mass is 9.93. The van der Waals surface area contributed by atoms with Crippen molar-refractivity contribution in [3.05, 3.63) is 199 Å². The van der Waals surface area contributed by atoms with Crippen molar-refractivity contribution in [2.75, 3.05) is 11.5 Å². The molecule has 21 nitrogen and oxygen atoms in total. The lowest BCUT2D eigenvalue weighted by molar-refractivity contribution is 0.215. The summed E-state index contributed by atoms with van der Waals surface area (Å²) in [7, 11) is 0. The predicted molar refractivity (Wildman–Crippen MR) is 376 cm³/mol. The van der Waals surface area contributed by atoms with E-state index in [1.54, 1.807) is 67.3 Å². The Hall–Kier alpha value is -7.22. The zero-order valence-electron chi connectivity index (χ0n) is 49.1. The van der Waals surface area contributed by atoms with Gasteiger partial charge in [0, 0.05) is 121 Å². The molecule has 4 aliphatic carbocycles. The van der Waals surface area contributed by atoms with Gasteiger partial charge >= 0.3 is 0 Å². The Kier molecular flexibility index (Phi) is 23.0. The van der Waals surface area contributed by atoms with Crippen LogP contribution in [0.4, 0.5) is 11.6 Å². The molecule has 0 aliphatic heterocycles. The summed E-state index contributed by atoms with van der Waals surface area (Å²) in [5.74, 6) is 0.893. The topological polar surface area (TPSA) is 298 Å². The molecule has 4 aliphatic rings. The van der Waals surface area contributed by atoms with E-state index in [9.17, 15) is 15.3 Å². The first-order valence-corrected chi connectivity index (χ1v) is 33.1. The van der Waals surface area contributed by atoms with Gasteiger partial charge in [0.05, 0.1) is 38.6 Å². The number of aliphatic hydroxyl groups is 3. The Bertz CT molecular complexity index is 4430. The molecule has 16 rings (SSSR count). The van der Waals surface area contributed by atoms with Gasteiger partial charge in [0.2, 0.25) is 0 Å². The van der Waals surface area contributed by atoms with Gasteiger partial charge in [-0.2, -0.15) is 0 Å². The minimum Gasteiger partial charge on any atom is -0.383 e. The highest BCUT2D eigenvalue weighted by Gasteiger charge is 2.30. The smallest absolute Gasteiger partial charge is 0.146 e. The summed E-state index contributed by atoms with van der Waals surface area (Å²) in [5.41, 5.74) is 20.5. The first-order valence-electron chi connectivity index (χ1n) is 29.9. The molecule has 0 radical (unpaired) electrons. The fraction of sp³-hybridized carbons (Fsp3) is 0.333. The molecule has 490 valence electrons. The number of nitrogen functional groups attached to an aromatic ring is 2. The van der Waals surface area contributed by atoms with E-state index in [0.29, 0.717) is 117 Å². The third-order valence-corrected chi connectivity index (χ3v) is 19.4. The highest BCUT2D eigenvalue weighted by Crippen LogP contribution is 2.42. The van der Waals surface area contributed by atoms with Gasteiger partial charge < -0.3 is 45.5 Å². The number of aliphatic hydroxyl groups excluding tert-OH is 3. The van der Waals surface area contributed by atoms with Gasteiger partial charge in [0.15, 0.2) is 0 Å². The van der Waals surface area contributed by atoms with E-state index in [0.717, 1.165) is 64.1 Å². The van der Waals surface area contributed by atoms with Gasteiger partial charge in [0.25, 0.3) is 0 Å². The molecule has 12 aromatic rings. The molecule has 4 saturated carbocycles. The van der Waals surface area contributed by atoms with E-state index in [2.05, 4.69) is 101 Å². The average Bonchev–Trinajstić information content (AvgIpc) is 1.63. The number of pyridine rings is 4. The molecule has 0 bridgehead atoms. The number of hydrogen-bond acceptors (Lipinski definition) is 17. The Morgan fingerprint density at radius 1 is 0.457 bits per heavy atom. The second-order valence-electron chi connectivity index (χ2n) is 22.8. The predicted octanol–water partition coefficient (Wildman–Crippen LogP) is 16.1. The van der Waals surface area contributed by atoms with Crippen LogP contribution in [0.5, 0.6) is 0 Å². The van der Waals surface area contributed by atoms with Crippen LogP contribution in [-0.4, -0.2) is 98.6 Å². The number of nitrogens with one attached hydrogen (secondary N) is 1. The minimum absolute atomic E-state index is 0. The molecule has 4 fully saturated rings. The van der Waals surface area contributed by atoms with E-state index in [-0.39, 0.29) is 20.0 Å². The van der Waals surface area contributed by atoms with E-state index in [1.807, 2.05) is 18.5 Å². The zero-order valence-corrected chi connectivity index (χ0v) is 55.3. The first-order chi connectivity index (χ1) is 44.6. The number of nitrogens with zero attached hydrogens (tertiary/aromatic N) is 15. The Labute approximate surface area is 580 Å². The van der Waals surface area contributed by atoms with Crippen molar-refractivity contribution in [3.63, 3.8) is 0 Å². The van der Waals surface area contributed by atoms with Crippen LogP contribution in [0.1, 0.15) is 173 Å². The monoisotopic (exact) mass is 1450 g/mol. The summed E-state index contributed by atoms with van der Waals surface area (Å²) in [5, 5.41) is 37.7. The normalized spacial score (nSPS) is 15.6. The minimum atomic E-state index is -0.948. The molecule has 94 heavy (non-hydrogen) atoms. The van der Waals surface area contributed by atoms with Crippen molar-refractivity contribution in [2.45, 2.75) is 140 Å². The van der Waals surface area contributed by atoms with Gasteiger partial charge in [0.1, 0.15) is 88.2 Å². The molecular formula is C66H69BrCl6N18O3. The fourth-order valence-corrected chi connectivity index (χ4v) is 13.0. The van der Waals surface area contributed by atoms with E-state index < -0.39 is 18.3 Å². The van der Waals surface area contributed by atoms with Crippen LogP contribution in [0.3, 0.4) is 0 Å². The lowest BCUT2D eigenvalue weighted by Crippen LogP contribution is -2.16. The Morgan fingerprint density at radius 2 is 0.840 bits per heavy atom. The standard InChI is InChI=1S/C16H14Cl2N4O.C16H16ClN5O.C16H16ClN5.C12H8Cl2N4O.C4H7Br.2CH4/c2*17-9-4-5-19-12(6-9)14(23)11-7-22(10-2-1-3-10)16-13(11)15(18)20-8-21-16;17-11-4-5-19-12(7-11)6-10-8-22(13-2-1-3-13)16-14(10)15(18)20-9-21-16;13-6-1-2-15-8(3-6)10(19)7-4-16-12-9(7)11(14)17-5-18-12;5-4-2-1-3-4;;/h4-8,10,14,23H,1-3H2;4-8,10,14,23H,1-3H2,(H2,18,20,21);4-5,7-9,13H,1-3,6H2,(H2,18,20,21);1-5,10,19H,(H,16,17,18);4H,1-3H2;2*1H4. The summed E-state index contributed by atoms with van der Waals surface area (Å²) < 4.78 is 6.44. The lowest BCUT2D eigenvalue weighted by Gasteiger charge is -2.27. The maximum absolute atomic E-state index is 10.8. The van der Waals surface area contributed by atoms with Crippen LogP contribution in [0, 0.1) is 0 Å². The number of H-pyrrole nitrogens is 1. The summed E-state index contributed by atoms with van der Waals surface area (Å²) in [6, 6.07) is 14.9. The van der Waals surface area contributed by atoms with Crippen LogP contribution in [0.15, 0.2) is 123 Å². The fourth-order valence-electron chi connectivity index (χ4n) is 11.2. The second kappa shape index (κ2) is 31.1. The van der Waals surface area contributed by atoms with Crippen molar-refractivity contribution in [1.29, 1.82) is 0 Å². The van der Waals surface area contributed by atoms with Crippen LogP contribution in [0.25, 0.3) is 44.1 Å². The number of rotatable bonds is 11. The number of alkyl halides is 1. The number of nitrogens with two attached hydrogens (primary N) is 2. The molecule has 0 amide bonds. The molecule has 3 unspecified atom stereocenters. The zero-order chi connectivity index (χ0) is 64.2. The summed E-state index contributed by atoms with van der Waals surface area (Å²) in [6.45, 7) is 0. The van der Waals surface area contributed by atoms with Crippen molar-refractivity contribution < 1.29 is 15.3 Å². The highest BCUT2D eigenvalue weighted by molar-refractivity contribution is 9.09. The summed E-state index contributed by atoms with van der Waals surface area (Å²) >= 11 is 39.7. The number of halogens is 7. The number of hydrogen-bond donors (Lipinski definition) is 6. The third kappa shape index (κ3) is 15.2. The Morgan fingerprint density at radius 3 is 1.29 bits per heavy atom. The van der Waals surface area contributed by atoms with E-state index in [4.69, 9.17) is 81.1 Å². The maximum atomic E-state index is 10.8. The second-order valence-corrected chi connectivity index (χ2v) is 26.5. The van der Waals surface area contributed by atoms with E-state index in [1.165, 1.54) is 82.9 Å². The molecule has 0 saturated heterocycles. The van der Waals surface area contributed by atoms with E-state index >= 15 is 0 Å². The number of aromatic nitrogens is 16. The molecule has 0 spiro atoms. The molecular weight excluding hydrogens is 1390 g/mol. The Balaban J connectivity index is 0.000000133. The van der Waals surface area contributed by atoms with Crippen molar-refractivity contribution in [1.82, 2.24) is 78.5 Å². The number of fused-ring (bicyclic) bond motifs is 4. The average molecular weight is 1460 g/mol. The molecule has 3 atom stereocenters. The van der Waals surface area contributed by atoms with Crippen LogP contribution in [0.2, 0.25) is 30.4 Å². The third-order valence-electron chi connectivity index (χ3n) is 17.0.